The number of carbonyl (C=O) groups excluding carboxylic acids is 2. The maximum atomic E-state index is 15.7. The Balaban J connectivity index is 1.15. The van der Waals surface area contributed by atoms with Crippen LogP contribution in [0.2, 0.25) is 18.6 Å². The van der Waals surface area contributed by atoms with Crippen molar-refractivity contribution < 1.29 is 23.5 Å². The average Bonchev–Trinajstić information content (AvgIpc) is 3.72. The van der Waals surface area contributed by atoms with Crippen LogP contribution in [0.1, 0.15) is 51.0 Å². The highest BCUT2D eigenvalue weighted by atomic mass is 28.4. The molecule has 2 aromatic carbocycles. The first-order valence-electron chi connectivity index (χ1n) is 16.8. The first kappa shape index (κ1) is 32.2. The quantitative estimate of drug-likeness (QED) is 0.302. The van der Waals surface area contributed by atoms with E-state index in [9.17, 15) is 14.7 Å². The molecule has 1 spiro atoms. The number of amides is 2. The molecule has 8 nitrogen and oxygen atoms in total. The summed E-state index contributed by atoms with van der Waals surface area (Å²) in [7, 11) is -3.12. The molecule has 5 atom stereocenters. The van der Waals surface area contributed by atoms with Crippen LogP contribution < -0.4 is 15.1 Å². The molecule has 4 aliphatic heterocycles. The molecule has 45 heavy (non-hydrogen) atoms. The Bertz CT molecular complexity index is 1350. The van der Waals surface area contributed by atoms with E-state index in [0.29, 0.717) is 13.2 Å². The van der Waals surface area contributed by atoms with Gasteiger partial charge in [-0.05, 0) is 100 Å². The van der Waals surface area contributed by atoms with Crippen LogP contribution in [0.4, 0.5) is 15.5 Å². The zero-order chi connectivity index (χ0) is 31.8. The lowest BCUT2D eigenvalue weighted by atomic mass is 9.86. The van der Waals surface area contributed by atoms with E-state index in [1.165, 1.54) is 0 Å². The van der Waals surface area contributed by atoms with Crippen molar-refractivity contribution in [2.75, 3.05) is 42.7 Å². The number of piperidine rings is 1. The van der Waals surface area contributed by atoms with E-state index in [2.05, 4.69) is 41.4 Å². The van der Waals surface area contributed by atoms with E-state index in [1.807, 2.05) is 35.2 Å². The Hall–Kier alpha value is -2.79. The number of ether oxygens (including phenoxy) is 1. The molecule has 4 heterocycles. The van der Waals surface area contributed by atoms with Gasteiger partial charge in [-0.1, -0.05) is 37.3 Å². The molecule has 2 N–H and O–H groups in total. The van der Waals surface area contributed by atoms with E-state index in [0.717, 1.165) is 68.6 Å². The Morgan fingerprint density at radius 3 is 2.53 bits per heavy atom. The van der Waals surface area contributed by atoms with Crippen LogP contribution in [-0.4, -0.2) is 86.9 Å². The number of aliphatic hydroxyl groups excluding tert-OH is 1. The highest BCUT2D eigenvalue weighted by Gasteiger charge is 2.54. The minimum Gasteiger partial charge on any atom is -0.394 e. The number of hydrogen-bond donors (Lipinski definition) is 2. The lowest BCUT2D eigenvalue weighted by Crippen LogP contribution is -2.55. The van der Waals surface area contributed by atoms with Crippen LogP contribution in [-0.2, 0) is 20.7 Å². The summed E-state index contributed by atoms with van der Waals surface area (Å²) in [6, 6.07) is 18.4. The molecule has 0 unspecified atom stereocenters. The van der Waals surface area contributed by atoms with Gasteiger partial charge in [-0.25, -0.2) is 0 Å². The zero-order valence-corrected chi connectivity index (χ0v) is 28.0. The number of nitrogens with zero attached hydrogens (tertiary/aromatic N) is 3. The van der Waals surface area contributed by atoms with Crippen molar-refractivity contribution in [3.63, 3.8) is 0 Å². The number of aliphatic hydroxyl groups is 1. The van der Waals surface area contributed by atoms with Gasteiger partial charge in [0.05, 0.1) is 37.9 Å². The van der Waals surface area contributed by atoms with Crippen LogP contribution in [0, 0.1) is 5.92 Å². The Morgan fingerprint density at radius 2 is 1.82 bits per heavy atom. The maximum Gasteiger partial charge on any atom is 0.254 e. The number of aryl methyl sites for hydroxylation is 1. The normalized spacial score (nSPS) is 28.4. The predicted molar refractivity (Wildman–Crippen MR) is 177 cm³/mol. The molecular formula is C35H49FN4O4Si. The largest absolute Gasteiger partial charge is 0.394 e. The van der Waals surface area contributed by atoms with Gasteiger partial charge in [0.15, 0.2) is 0 Å². The van der Waals surface area contributed by atoms with Crippen molar-refractivity contribution in [2.24, 2.45) is 5.92 Å². The summed E-state index contributed by atoms with van der Waals surface area (Å²) < 4.78 is 22.2. The van der Waals surface area contributed by atoms with Crippen molar-refractivity contribution in [1.29, 1.82) is 0 Å². The maximum absolute atomic E-state index is 15.7. The molecule has 0 saturated carbocycles. The molecule has 244 valence electrons. The van der Waals surface area contributed by atoms with Crippen LogP contribution in [0.3, 0.4) is 0 Å². The standard InChI is InChI=1S/C35H49FN4O4Si/c1-25-30(44-31(33(25)45(2,3)36)22-32(42)38-20-8-13-29(38)23-41)15-14-26-9-7-12-28(21-26)39-24-40(27-10-5-4-6-11-27)35(34(39)43)16-18-37-19-17-35/h4-7,9-12,21,25,29-31,33,37,41H,8,13-20,22-24H2,1-3H3/t25-,29-,30+,31-,33+/m0/s1. The fraction of sp³-hybridized carbons (Fsp3) is 0.600. The van der Waals surface area contributed by atoms with E-state index in [-0.39, 0.29) is 48.4 Å². The second kappa shape index (κ2) is 13.1. The molecule has 6 rings (SSSR count). The van der Waals surface area contributed by atoms with E-state index >= 15 is 4.11 Å². The lowest BCUT2D eigenvalue weighted by Gasteiger charge is -2.39. The Labute approximate surface area is 268 Å². The minimum atomic E-state index is -3.12. The van der Waals surface area contributed by atoms with Crippen molar-refractivity contribution in [2.45, 2.75) is 94.3 Å². The summed E-state index contributed by atoms with van der Waals surface area (Å²) in [4.78, 5) is 33.4. The topological polar surface area (TPSA) is 85.4 Å². The van der Waals surface area contributed by atoms with Gasteiger partial charge in [-0.3, -0.25) is 14.5 Å². The number of nitrogens with one attached hydrogen (secondary N) is 1. The van der Waals surface area contributed by atoms with Gasteiger partial charge in [0.25, 0.3) is 5.91 Å². The highest BCUT2D eigenvalue weighted by molar-refractivity contribution is 6.72. The monoisotopic (exact) mass is 636 g/mol. The summed E-state index contributed by atoms with van der Waals surface area (Å²) in [5, 5.41) is 13.1. The molecule has 4 fully saturated rings. The second-order valence-corrected chi connectivity index (χ2v) is 17.9. The van der Waals surface area contributed by atoms with Gasteiger partial charge in [0, 0.05) is 23.5 Å². The Kier molecular flexibility index (Phi) is 9.39. The van der Waals surface area contributed by atoms with Crippen LogP contribution in [0.15, 0.2) is 54.6 Å². The molecule has 4 aliphatic rings. The van der Waals surface area contributed by atoms with Gasteiger partial charge in [0.2, 0.25) is 14.3 Å². The number of hydrogen-bond acceptors (Lipinski definition) is 6. The van der Waals surface area contributed by atoms with Crippen LogP contribution in [0.5, 0.6) is 0 Å². The number of likely N-dealkylation sites (tertiary alicyclic amines) is 1. The molecule has 0 bridgehead atoms. The third-order valence-corrected chi connectivity index (χ3v) is 13.3. The van der Waals surface area contributed by atoms with Crippen molar-refractivity contribution in [1.82, 2.24) is 10.2 Å². The van der Waals surface area contributed by atoms with E-state index in [4.69, 9.17) is 4.74 Å². The molecule has 0 aliphatic carbocycles. The SMILES string of the molecule is C[C@@H]1[C@@H]([Si](C)(C)F)[C@H](CC(=O)N2CCC[C@H]2CO)O[C@@H]1CCc1cccc(N2CN(c3ccccc3)C3(CCNCC3)C2=O)c1. The fourth-order valence-corrected chi connectivity index (χ4v) is 11.1. The predicted octanol–water partition coefficient (Wildman–Crippen LogP) is 4.87. The van der Waals surface area contributed by atoms with Gasteiger partial charge in [-0.15, -0.1) is 0 Å². The third-order valence-electron chi connectivity index (χ3n) is 10.9. The number of rotatable bonds is 9. The van der Waals surface area contributed by atoms with Crippen LogP contribution in [0.25, 0.3) is 0 Å². The molecule has 0 aromatic heterocycles. The van der Waals surface area contributed by atoms with Crippen LogP contribution >= 0.6 is 0 Å². The number of halogens is 1. The lowest BCUT2D eigenvalue weighted by molar-refractivity contribution is -0.135. The van der Waals surface area contributed by atoms with Gasteiger partial charge < -0.3 is 29.1 Å². The van der Waals surface area contributed by atoms with Gasteiger partial charge in [-0.2, -0.15) is 0 Å². The number of anilines is 2. The first-order valence-corrected chi connectivity index (χ1v) is 19.8. The van der Waals surface area contributed by atoms with E-state index in [1.54, 1.807) is 18.0 Å². The summed E-state index contributed by atoms with van der Waals surface area (Å²) in [5.41, 5.74) is 2.27. The molecule has 10 heteroatoms. The molecule has 2 aromatic rings. The smallest absolute Gasteiger partial charge is 0.254 e. The van der Waals surface area contributed by atoms with Gasteiger partial charge in [0.1, 0.15) is 5.54 Å². The summed E-state index contributed by atoms with van der Waals surface area (Å²) in [6.45, 7) is 8.29. The highest BCUT2D eigenvalue weighted by Crippen LogP contribution is 2.47. The van der Waals surface area contributed by atoms with E-state index < -0.39 is 20.1 Å². The molecular weight excluding hydrogens is 587 g/mol. The molecule has 2 amide bonds. The average molecular weight is 637 g/mol. The summed E-state index contributed by atoms with van der Waals surface area (Å²) >= 11 is 0. The molecule has 0 radical (unpaired) electrons. The number of para-hydroxylation sites is 1. The van der Waals surface area contributed by atoms with Crippen molar-refractivity contribution >= 4 is 31.6 Å². The molecule has 4 saturated heterocycles. The second-order valence-electron chi connectivity index (χ2n) is 14.1. The Morgan fingerprint density at radius 1 is 1.09 bits per heavy atom. The van der Waals surface area contributed by atoms with Crippen molar-refractivity contribution in [3.05, 3.63) is 60.2 Å². The minimum absolute atomic E-state index is 0.00391. The summed E-state index contributed by atoms with van der Waals surface area (Å²) in [5.74, 6) is 0.126. The fourth-order valence-electron chi connectivity index (χ4n) is 8.58. The van der Waals surface area contributed by atoms with Crippen molar-refractivity contribution in [3.8, 4) is 0 Å². The number of carbonyl (C=O) groups is 2. The van der Waals surface area contributed by atoms with Gasteiger partial charge >= 0.3 is 0 Å². The number of benzene rings is 2. The zero-order valence-electron chi connectivity index (χ0n) is 27.0. The summed E-state index contributed by atoms with van der Waals surface area (Å²) in [6.07, 6.45) is 4.28. The first-order chi connectivity index (χ1) is 21.6. The third kappa shape index (κ3) is 6.31.